The molecule has 1 aliphatic heterocycles. The third-order valence-electron chi connectivity index (χ3n) is 4.25. The first-order chi connectivity index (χ1) is 10.2. The molecule has 0 saturated heterocycles. The van der Waals surface area contributed by atoms with Crippen LogP contribution in [0.1, 0.15) is 29.7 Å². The van der Waals surface area contributed by atoms with Crippen molar-refractivity contribution in [3.63, 3.8) is 0 Å². The smallest absolute Gasteiger partial charge is 0.204 e. The van der Waals surface area contributed by atoms with Gasteiger partial charge < -0.3 is 4.90 Å². The summed E-state index contributed by atoms with van der Waals surface area (Å²) in [5.41, 5.74) is 5.38. The van der Waals surface area contributed by atoms with Crippen molar-refractivity contribution >= 4 is 17.8 Å². The Morgan fingerprint density at radius 1 is 1.10 bits per heavy atom. The van der Waals surface area contributed by atoms with Gasteiger partial charge in [0.05, 0.1) is 0 Å². The first kappa shape index (κ1) is 13.9. The van der Waals surface area contributed by atoms with Crippen LogP contribution >= 0.6 is 0 Å². The summed E-state index contributed by atoms with van der Waals surface area (Å²) in [5.74, 6) is 0. The van der Waals surface area contributed by atoms with Crippen LogP contribution in [-0.4, -0.2) is 13.6 Å². The lowest BCUT2D eigenvalue weighted by Gasteiger charge is -2.19. The summed E-state index contributed by atoms with van der Waals surface area (Å²) in [7, 11) is 4.27. The third-order valence-corrected chi connectivity index (χ3v) is 4.25. The van der Waals surface area contributed by atoms with Gasteiger partial charge in [0.15, 0.2) is 6.20 Å². The number of aromatic nitrogens is 1. The normalized spacial score (nSPS) is 15.0. The van der Waals surface area contributed by atoms with E-state index in [1.165, 1.54) is 48.3 Å². The van der Waals surface area contributed by atoms with Crippen LogP contribution in [0, 0.1) is 0 Å². The number of hydrogen-bond donors (Lipinski definition) is 0. The van der Waals surface area contributed by atoms with Gasteiger partial charge in [-0.25, -0.2) is 4.57 Å². The molecule has 2 aromatic rings. The predicted molar refractivity (Wildman–Crippen MR) is 89.2 cm³/mol. The Morgan fingerprint density at radius 2 is 2.00 bits per heavy atom. The Morgan fingerprint density at radius 3 is 2.86 bits per heavy atom. The molecule has 0 aliphatic carbocycles. The Labute approximate surface area is 127 Å². The average molecular weight is 279 g/mol. The highest BCUT2D eigenvalue weighted by atomic mass is 15.1. The van der Waals surface area contributed by atoms with Gasteiger partial charge >= 0.3 is 0 Å². The minimum Gasteiger partial charge on any atom is -0.374 e. The summed E-state index contributed by atoms with van der Waals surface area (Å²) >= 11 is 0. The van der Waals surface area contributed by atoms with E-state index in [1.807, 2.05) is 0 Å². The lowest BCUT2D eigenvalue weighted by molar-refractivity contribution is -0.673. The summed E-state index contributed by atoms with van der Waals surface area (Å²) in [6.45, 7) is 1.17. The molecule has 2 heterocycles. The number of pyridine rings is 1. The quantitative estimate of drug-likeness (QED) is 0.764. The van der Waals surface area contributed by atoms with Crippen LogP contribution in [0.3, 0.4) is 0 Å². The molecule has 0 unspecified atom stereocenters. The highest BCUT2D eigenvalue weighted by Crippen LogP contribution is 2.26. The second-order valence-electron chi connectivity index (χ2n) is 5.84. The predicted octanol–water partition coefficient (Wildman–Crippen LogP) is 3.45. The van der Waals surface area contributed by atoms with Crippen molar-refractivity contribution in [1.29, 1.82) is 0 Å². The SMILES string of the molecule is CN1CCCCc2cc(/C=C/c3cccc[n+]3C)ccc21. The Bertz CT molecular complexity index is 658. The maximum Gasteiger partial charge on any atom is 0.204 e. The maximum absolute atomic E-state index is 2.38. The summed E-state index contributed by atoms with van der Waals surface area (Å²) in [4.78, 5) is 2.38. The Kier molecular flexibility index (Phi) is 4.05. The van der Waals surface area contributed by atoms with Gasteiger partial charge in [0.2, 0.25) is 5.69 Å². The monoisotopic (exact) mass is 279 g/mol. The van der Waals surface area contributed by atoms with Gasteiger partial charge in [0.1, 0.15) is 7.05 Å². The minimum absolute atomic E-state index is 1.17. The van der Waals surface area contributed by atoms with Crippen LogP contribution in [-0.2, 0) is 13.5 Å². The molecule has 0 spiro atoms. The molecule has 0 fully saturated rings. The molecule has 0 saturated carbocycles. The van der Waals surface area contributed by atoms with E-state index in [-0.39, 0.29) is 0 Å². The molecule has 1 aromatic heterocycles. The van der Waals surface area contributed by atoms with Crippen molar-refractivity contribution in [3.05, 3.63) is 59.4 Å². The summed E-state index contributed by atoms with van der Waals surface area (Å²) in [6, 6.07) is 13.1. The van der Waals surface area contributed by atoms with Gasteiger partial charge in [-0.2, -0.15) is 0 Å². The summed E-state index contributed by atoms with van der Waals surface area (Å²) < 4.78 is 2.13. The van der Waals surface area contributed by atoms with Crippen LogP contribution in [0.5, 0.6) is 0 Å². The van der Waals surface area contributed by atoms with E-state index in [0.717, 1.165) is 0 Å². The molecule has 108 valence electrons. The first-order valence-corrected chi connectivity index (χ1v) is 7.71. The van der Waals surface area contributed by atoms with Crippen molar-refractivity contribution in [2.24, 2.45) is 7.05 Å². The second kappa shape index (κ2) is 6.13. The van der Waals surface area contributed by atoms with E-state index in [9.17, 15) is 0 Å². The largest absolute Gasteiger partial charge is 0.374 e. The zero-order chi connectivity index (χ0) is 14.7. The molecule has 0 N–H and O–H groups in total. The van der Waals surface area contributed by atoms with Crippen molar-refractivity contribution in [2.75, 3.05) is 18.5 Å². The lowest BCUT2D eigenvalue weighted by Crippen LogP contribution is -2.30. The second-order valence-corrected chi connectivity index (χ2v) is 5.84. The highest BCUT2D eigenvalue weighted by molar-refractivity contribution is 5.69. The molecule has 2 heteroatoms. The number of rotatable bonds is 2. The van der Waals surface area contributed by atoms with E-state index in [4.69, 9.17) is 0 Å². The topological polar surface area (TPSA) is 7.12 Å². The lowest BCUT2D eigenvalue weighted by atomic mass is 10.0. The van der Waals surface area contributed by atoms with Gasteiger partial charge in [-0.3, -0.25) is 0 Å². The maximum atomic E-state index is 2.38. The third kappa shape index (κ3) is 3.15. The Balaban J connectivity index is 1.87. The molecular weight excluding hydrogens is 256 g/mol. The Hall–Kier alpha value is -2.09. The summed E-state index contributed by atoms with van der Waals surface area (Å²) in [5, 5.41) is 0. The first-order valence-electron chi connectivity index (χ1n) is 7.71. The van der Waals surface area contributed by atoms with E-state index in [0.29, 0.717) is 0 Å². The van der Waals surface area contributed by atoms with Crippen molar-refractivity contribution in [1.82, 2.24) is 0 Å². The van der Waals surface area contributed by atoms with E-state index >= 15 is 0 Å². The van der Waals surface area contributed by atoms with Crippen LogP contribution in [0.15, 0.2) is 42.6 Å². The standard InChI is InChI=1S/C19H23N2/c1-20-13-6-4-8-18(20)11-9-16-10-12-19-17(15-16)7-3-5-14-21(19)2/h4,6,8-13,15H,3,5,7,14H2,1-2H3/q+1. The van der Waals surface area contributed by atoms with Crippen LogP contribution in [0.25, 0.3) is 12.2 Å². The molecule has 0 amide bonds. The molecule has 21 heavy (non-hydrogen) atoms. The fourth-order valence-electron chi connectivity index (χ4n) is 2.96. The summed E-state index contributed by atoms with van der Waals surface area (Å²) in [6.07, 6.45) is 10.2. The molecule has 1 aliphatic rings. The zero-order valence-corrected chi connectivity index (χ0v) is 12.9. The molecule has 2 nitrogen and oxygen atoms in total. The number of benzene rings is 1. The number of aryl methyl sites for hydroxylation is 2. The molecule has 0 bridgehead atoms. The number of hydrogen-bond acceptors (Lipinski definition) is 1. The number of nitrogens with zero attached hydrogens (tertiary/aromatic N) is 2. The average Bonchev–Trinajstić information content (AvgIpc) is 2.68. The van der Waals surface area contributed by atoms with Gasteiger partial charge in [0.25, 0.3) is 0 Å². The van der Waals surface area contributed by atoms with Crippen molar-refractivity contribution in [3.8, 4) is 0 Å². The minimum atomic E-state index is 1.17. The molecule has 1 aromatic carbocycles. The zero-order valence-electron chi connectivity index (χ0n) is 12.9. The molecule has 3 rings (SSSR count). The van der Waals surface area contributed by atoms with Crippen LogP contribution < -0.4 is 9.47 Å². The highest BCUT2D eigenvalue weighted by Gasteiger charge is 2.11. The van der Waals surface area contributed by atoms with Crippen LogP contribution in [0.4, 0.5) is 5.69 Å². The van der Waals surface area contributed by atoms with Gasteiger partial charge in [-0.15, -0.1) is 0 Å². The van der Waals surface area contributed by atoms with Gasteiger partial charge in [-0.05, 0) is 54.7 Å². The van der Waals surface area contributed by atoms with Gasteiger partial charge in [-0.1, -0.05) is 6.07 Å². The number of anilines is 1. The molecule has 0 atom stereocenters. The van der Waals surface area contributed by atoms with Gasteiger partial charge in [0, 0.05) is 37.5 Å². The number of fused-ring (bicyclic) bond motifs is 1. The van der Waals surface area contributed by atoms with E-state index in [1.54, 1.807) is 0 Å². The van der Waals surface area contributed by atoms with Crippen LogP contribution in [0.2, 0.25) is 0 Å². The fraction of sp³-hybridized carbons (Fsp3) is 0.316. The van der Waals surface area contributed by atoms with Crippen molar-refractivity contribution in [2.45, 2.75) is 19.3 Å². The van der Waals surface area contributed by atoms with Crippen molar-refractivity contribution < 1.29 is 4.57 Å². The van der Waals surface area contributed by atoms with E-state index in [2.05, 4.69) is 78.3 Å². The molecule has 0 radical (unpaired) electrons. The fourth-order valence-corrected chi connectivity index (χ4v) is 2.96. The van der Waals surface area contributed by atoms with E-state index < -0.39 is 0 Å². The molecular formula is C19H23N2+.